The van der Waals surface area contributed by atoms with Crippen molar-refractivity contribution in [2.75, 3.05) is 14.1 Å². The second kappa shape index (κ2) is 13.1. The van der Waals surface area contributed by atoms with E-state index in [1.807, 2.05) is 114 Å². The number of amides is 2. The minimum Gasteiger partial charge on any atom is -0.295 e. The summed E-state index contributed by atoms with van der Waals surface area (Å²) in [5, 5.41) is 0. The van der Waals surface area contributed by atoms with Crippen LogP contribution in [0.3, 0.4) is 0 Å². The van der Waals surface area contributed by atoms with Crippen LogP contribution in [0.25, 0.3) is 0 Å². The summed E-state index contributed by atoms with van der Waals surface area (Å²) in [5.41, 5.74) is 4.30. The van der Waals surface area contributed by atoms with Crippen molar-refractivity contribution in [1.29, 1.82) is 0 Å². The Morgan fingerprint density at radius 1 is 0.500 bits per heavy atom. The third-order valence-electron chi connectivity index (χ3n) is 5.34. The molecule has 0 bridgehead atoms. The van der Waals surface area contributed by atoms with Gasteiger partial charge in [-0.15, -0.1) is 0 Å². The predicted molar refractivity (Wildman–Crippen MR) is 150 cm³/mol. The summed E-state index contributed by atoms with van der Waals surface area (Å²) in [7, 11) is 3.45. The predicted octanol–water partition coefficient (Wildman–Crippen LogP) is 7.09. The fourth-order valence-corrected chi connectivity index (χ4v) is 3.79. The van der Waals surface area contributed by atoms with Gasteiger partial charge in [-0.1, -0.05) is 84.0 Å². The highest BCUT2D eigenvalue weighted by molar-refractivity contribution is 6.24. The monoisotopic (exact) mass is 484 g/mol. The molecule has 3 aromatic carbocycles. The summed E-state index contributed by atoms with van der Waals surface area (Å²) in [6.07, 6.45) is 0. The Hall–Kier alpha value is -4.06. The number of rotatable bonds is 2. The molecule has 0 fully saturated rings. The van der Waals surface area contributed by atoms with Gasteiger partial charge in [0.25, 0.3) is 11.8 Å². The maximum atomic E-state index is 12.5. The lowest BCUT2D eigenvalue weighted by molar-refractivity contribution is 0.0874. The normalized spacial score (nSPS) is 15.3. The van der Waals surface area contributed by atoms with Gasteiger partial charge in [-0.25, -0.2) is 9.98 Å². The molecule has 0 unspecified atom stereocenters. The number of carbonyl (C=O) groups excluding carboxylic acids is 2. The average Bonchev–Trinajstić information content (AvgIpc) is 3.33. The van der Waals surface area contributed by atoms with Crippen LogP contribution >= 0.6 is 0 Å². The number of hydrogen-bond donors (Lipinski definition) is 0. The van der Waals surface area contributed by atoms with E-state index < -0.39 is 0 Å². The number of carbonyl (C=O) groups is 2. The van der Waals surface area contributed by atoms with Gasteiger partial charge in [0.15, 0.2) is 0 Å². The zero-order valence-corrected chi connectivity index (χ0v) is 22.5. The maximum Gasteiger partial charge on any atom is 0.259 e. The van der Waals surface area contributed by atoms with Crippen molar-refractivity contribution in [2.45, 2.75) is 41.5 Å². The van der Waals surface area contributed by atoms with Crippen molar-refractivity contribution < 1.29 is 9.59 Å². The van der Waals surface area contributed by atoms with E-state index in [1.54, 1.807) is 23.9 Å². The van der Waals surface area contributed by atoms with Gasteiger partial charge in [0.2, 0.25) is 0 Å². The first kappa shape index (κ1) is 28.2. The second-order valence-corrected chi connectivity index (χ2v) is 7.21. The second-order valence-electron chi connectivity index (χ2n) is 7.21. The molecule has 0 aliphatic carbocycles. The summed E-state index contributed by atoms with van der Waals surface area (Å²) in [5.74, 6) is 1.09. The molecule has 0 saturated heterocycles. The van der Waals surface area contributed by atoms with Crippen LogP contribution in [0, 0.1) is 0 Å². The highest BCUT2D eigenvalue weighted by atomic mass is 16.2. The molecular weight excluding hydrogens is 448 g/mol. The zero-order chi connectivity index (χ0) is 26.8. The van der Waals surface area contributed by atoms with Crippen LogP contribution in [0.1, 0.15) is 73.4 Å². The first-order valence-corrected chi connectivity index (χ1v) is 12.6. The van der Waals surface area contributed by atoms with Gasteiger partial charge >= 0.3 is 0 Å². The molecule has 0 saturated carbocycles. The number of benzene rings is 3. The van der Waals surface area contributed by atoms with Gasteiger partial charge in [-0.05, 0) is 30.3 Å². The van der Waals surface area contributed by atoms with Crippen LogP contribution in [0.5, 0.6) is 0 Å². The van der Waals surface area contributed by atoms with Gasteiger partial charge in [0.05, 0.1) is 22.5 Å². The molecule has 0 atom stereocenters. The fraction of sp³-hybridized carbons (Fsp3) is 0.267. The molecule has 6 heteroatoms. The molecule has 2 aliphatic heterocycles. The lowest BCUT2D eigenvalue weighted by atomic mass is 10.1. The molecule has 0 radical (unpaired) electrons. The topological polar surface area (TPSA) is 65.3 Å². The van der Waals surface area contributed by atoms with E-state index in [2.05, 4.69) is 0 Å². The molecule has 36 heavy (non-hydrogen) atoms. The maximum absolute atomic E-state index is 12.5. The van der Waals surface area contributed by atoms with E-state index in [4.69, 9.17) is 9.98 Å². The standard InChI is InChI=1S/C24H18N4O2.3C2H6/c1-27-21(17-10-3-5-12-19(17)23(27)29)25-15-8-7-9-16(14-15)26-22-18-11-4-6-13-20(18)24(30)28(22)2;3*1-2/h3-14H,1-2H3;3*1-2H3. The summed E-state index contributed by atoms with van der Waals surface area (Å²) in [4.78, 5) is 37.5. The highest BCUT2D eigenvalue weighted by Crippen LogP contribution is 2.29. The number of amidine groups is 2. The van der Waals surface area contributed by atoms with Gasteiger partial charge in [-0.3, -0.25) is 19.4 Å². The molecule has 0 N–H and O–H groups in total. The van der Waals surface area contributed by atoms with E-state index in [1.165, 1.54) is 0 Å². The van der Waals surface area contributed by atoms with E-state index in [9.17, 15) is 9.59 Å². The summed E-state index contributed by atoms with van der Waals surface area (Å²) in [6.45, 7) is 12.0. The minimum atomic E-state index is -0.0663. The van der Waals surface area contributed by atoms with Gasteiger partial charge in [0, 0.05) is 25.2 Å². The lowest BCUT2D eigenvalue weighted by Crippen LogP contribution is -2.25. The fourth-order valence-electron chi connectivity index (χ4n) is 3.79. The minimum absolute atomic E-state index is 0.0663. The Morgan fingerprint density at radius 3 is 1.19 bits per heavy atom. The van der Waals surface area contributed by atoms with E-state index in [-0.39, 0.29) is 11.8 Å². The molecule has 0 aromatic heterocycles. The number of nitrogens with zero attached hydrogens (tertiary/aromatic N) is 4. The average molecular weight is 485 g/mol. The molecule has 0 spiro atoms. The van der Waals surface area contributed by atoms with E-state index in [0.29, 0.717) is 34.2 Å². The quantitative estimate of drug-likeness (QED) is 0.390. The van der Waals surface area contributed by atoms with Gasteiger partial charge in [0.1, 0.15) is 11.7 Å². The number of aliphatic imine (C=N–C) groups is 2. The molecule has 2 amide bonds. The molecule has 2 heterocycles. The first-order valence-electron chi connectivity index (χ1n) is 12.6. The Balaban J connectivity index is 0.000000710. The SMILES string of the molecule is CC.CC.CC.CN1C(=O)c2ccccc2C1=Nc1cccc(N=C2c3ccccc3C(=O)N2C)c1. The van der Waals surface area contributed by atoms with Crippen molar-refractivity contribution in [3.63, 3.8) is 0 Å². The molecule has 188 valence electrons. The van der Waals surface area contributed by atoms with Crippen LogP contribution < -0.4 is 0 Å². The summed E-state index contributed by atoms with van der Waals surface area (Å²) in [6, 6.07) is 22.4. The van der Waals surface area contributed by atoms with Crippen molar-refractivity contribution in [3.8, 4) is 0 Å². The van der Waals surface area contributed by atoms with Crippen molar-refractivity contribution in [3.05, 3.63) is 95.1 Å². The Bertz CT molecular complexity index is 1180. The summed E-state index contributed by atoms with van der Waals surface area (Å²) < 4.78 is 0. The summed E-state index contributed by atoms with van der Waals surface area (Å²) >= 11 is 0. The van der Waals surface area contributed by atoms with Crippen LogP contribution in [-0.4, -0.2) is 47.4 Å². The first-order chi connectivity index (χ1) is 17.5. The van der Waals surface area contributed by atoms with Crippen LogP contribution in [0.15, 0.2) is 82.8 Å². The van der Waals surface area contributed by atoms with Gasteiger partial charge < -0.3 is 0 Å². The van der Waals surface area contributed by atoms with Crippen molar-refractivity contribution >= 4 is 34.9 Å². The van der Waals surface area contributed by atoms with Crippen LogP contribution in [0.2, 0.25) is 0 Å². The largest absolute Gasteiger partial charge is 0.295 e. The number of fused-ring (bicyclic) bond motifs is 2. The lowest BCUT2D eigenvalue weighted by Gasteiger charge is -2.11. The van der Waals surface area contributed by atoms with Gasteiger partial charge in [-0.2, -0.15) is 0 Å². The van der Waals surface area contributed by atoms with E-state index in [0.717, 1.165) is 11.1 Å². The molecule has 6 nitrogen and oxygen atoms in total. The van der Waals surface area contributed by atoms with Crippen LogP contribution in [0.4, 0.5) is 11.4 Å². The van der Waals surface area contributed by atoms with Crippen molar-refractivity contribution in [2.24, 2.45) is 9.98 Å². The highest BCUT2D eigenvalue weighted by Gasteiger charge is 2.31. The molecular formula is C30H36N4O2. The van der Waals surface area contributed by atoms with Crippen molar-refractivity contribution in [1.82, 2.24) is 9.80 Å². The molecule has 5 rings (SSSR count). The third kappa shape index (κ3) is 5.43. The Morgan fingerprint density at radius 2 is 0.833 bits per heavy atom. The third-order valence-corrected chi connectivity index (χ3v) is 5.34. The zero-order valence-electron chi connectivity index (χ0n) is 22.5. The smallest absolute Gasteiger partial charge is 0.259 e. The number of hydrogen-bond acceptors (Lipinski definition) is 4. The van der Waals surface area contributed by atoms with Crippen LogP contribution in [-0.2, 0) is 0 Å². The molecule has 3 aromatic rings. The van der Waals surface area contributed by atoms with E-state index >= 15 is 0 Å². The molecule has 2 aliphatic rings. The Labute approximate surface area is 215 Å². The Kier molecular flexibility index (Phi) is 10.3.